The second kappa shape index (κ2) is 15.5. The lowest BCUT2D eigenvalue weighted by Crippen LogP contribution is -2.52. The van der Waals surface area contributed by atoms with Crippen molar-refractivity contribution >= 4 is 48.5 Å². The van der Waals surface area contributed by atoms with Crippen molar-refractivity contribution < 1.29 is 27.9 Å². The van der Waals surface area contributed by atoms with Gasteiger partial charge in [-0.05, 0) is 73.2 Å². The molecule has 47 heavy (non-hydrogen) atoms. The van der Waals surface area contributed by atoms with Crippen LogP contribution in [0.3, 0.4) is 0 Å². The molecule has 4 rings (SSSR count). The zero-order valence-electron chi connectivity index (χ0n) is 27.0. The number of anilines is 1. The van der Waals surface area contributed by atoms with E-state index in [2.05, 4.69) is 21.7 Å². The first-order chi connectivity index (χ1) is 22.3. The van der Waals surface area contributed by atoms with Crippen molar-refractivity contribution in [2.24, 2.45) is 5.92 Å². The minimum absolute atomic E-state index is 0.0288. The van der Waals surface area contributed by atoms with Crippen molar-refractivity contribution in [3.63, 3.8) is 0 Å². The SMILES string of the molecule is CC(=O)Nc1nc2ccc(S(=O)(=O)N(CC(C)C)C[C@@H](O)[C@H](Cc3ccccc3)NC(=O)COc3c(C)cc(C#N)cc3C)cc2s1. The van der Waals surface area contributed by atoms with Gasteiger partial charge in [0.1, 0.15) is 5.75 Å². The Kier molecular flexibility index (Phi) is 11.7. The Balaban J connectivity index is 1.56. The van der Waals surface area contributed by atoms with Gasteiger partial charge in [0.25, 0.3) is 5.91 Å². The van der Waals surface area contributed by atoms with Gasteiger partial charge in [0.05, 0.1) is 38.9 Å². The predicted molar refractivity (Wildman–Crippen MR) is 182 cm³/mol. The number of ether oxygens (including phenoxy) is 1. The van der Waals surface area contributed by atoms with Gasteiger partial charge in [-0.1, -0.05) is 55.5 Å². The molecule has 0 fully saturated rings. The number of nitriles is 1. The van der Waals surface area contributed by atoms with E-state index in [1.165, 1.54) is 34.7 Å². The summed E-state index contributed by atoms with van der Waals surface area (Å²) < 4.78 is 35.7. The number of amides is 2. The highest BCUT2D eigenvalue weighted by Gasteiger charge is 2.32. The molecule has 0 saturated carbocycles. The van der Waals surface area contributed by atoms with Crippen LogP contribution in [0.1, 0.15) is 43.0 Å². The van der Waals surface area contributed by atoms with Crippen LogP contribution in [0, 0.1) is 31.1 Å². The summed E-state index contributed by atoms with van der Waals surface area (Å²) >= 11 is 1.17. The Morgan fingerprint density at radius 2 is 1.74 bits per heavy atom. The third kappa shape index (κ3) is 9.36. The average Bonchev–Trinajstić information content (AvgIpc) is 3.41. The molecule has 0 saturated heterocycles. The molecule has 248 valence electrons. The average molecular weight is 678 g/mol. The van der Waals surface area contributed by atoms with E-state index >= 15 is 0 Å². The van der Waals surface area contributed by atoms with Gasteiger partial charge in [-0.25, -0.2) is 13.4 Å². The molecule has 2 amide bonds. The molecule has 0 unspecified atom stereocenters. The molecular formula is C34H39N5O6S2. The number of aliphatic hydroxyl groups is 1. The summed E-state index contributed by atoms with van der Waals surface area (Å²) in [6.45, 7) is 8.24. The lowest BCUT2D eigenvalue weighted by atomic mass is 10.0. The molecule has 1 aromatic heterocycles. The number of aliphatic hydroxyl groups excluding tert-OH is 1. The summed E-state index contributed by atoms with van der Waals surface area (Å²) in [6.07, 6.45) is -1.03. The fourth-order valence-corrected chi connectivity index (χ4v) is 7.89. The Morgan fingerprint density at radius 1 is 1.06 bits per heavy atom. The third-order valence-electron chi connectivity index (χ3n) is 7.29. The van der Waals surface area contributed by atoms with E-state index in [1.807, 2.05) is 44.2 Å². The molecule has 0 bridgehead atoms. The number of aryl methyl sites for hydroxylation is 2. The second-order valence-electron chi connectivity index (χ2n) is 11.8. The number of nitrogens with one attached hydrogen (secondary N) is 2. The first kappa shape index (κ1) is 35.5. The largest absolute Gasteiger partial charge is 0.483 e. The predicted octanol–water partition coefficient (Wildman–Crippen LogP) is 4.56. The van der Waals surface area contributed by atoms with Crippen molar-refractivity contribution in [3.05, 3.63) is 82.9 Å². The molecule has 0 aliphatic carbocycles. The Hall–Kier alpha value is -4.35. The monoisotopic (exact) mass is 677 g/mol. The van der Waals surface area contributed by atoms with Gasteiger partial charge < -0.3 is 20.5 Å². The first-order valence-corrected chi connectivity index (χ1v) is 17.4. The summed E-state index contributed by atoms with van der Waals surface area (Å²) in [6, 6.07) is 18.5. The molecule has 2 atom stereocenters. The molecule has 3 aromatic carbocycles. The highest BCUT2D eigenvalue weighted by atomic mass is 32.2. The molecule has 13 heteroatoms. The van der Waals surface area contributed by atoms with Crippen molar-refractivity contribution in [3.8, 4) is 11.8 Å². The van der Waals surface area contributed by atoms with Gasteiger partial charge >= 0.3 is 0 Å². The van der Waals surface area contributed by atoms with Crippen molar-refractivity contribution in [2.45, 2.75) is 58.1 Å². The van der Waals surface area contributed by atoms with Crippen molar-refractivity contribution in [1.29, 1.82) is 5.26 Å². The lowest BCUT2D eigenvalue weighted by molar-refractivity contribution is -0.124. The van der Waals surface area contributed by atoms with Gasteiger partial charge in [0.2, 0.25) is 15.9 Å². The standard InChI is InChI=1S/C34H39N5O6S2/c1-21(2)18-39(47(43,44)27-11-12-28-31(16-27)46-34(38-28)36-24(5)40)19-30(41)29(15-25-9-7-6-8-10-25)37-32(42)20-45-33-22(3)13-26(17-35)14-23(33)4/h6-14,16,21,29-30,41H,15,18-20H2,1-5H3,(H,37,42)(H,36,38,40)/t29-,30+/m0/s1. The lowest BCUT2D eigenvalue weighted by Gasteiger charge is -2.30. The summed E-state index contributed by atoms with van der Waals surface area (Å²) in [5.74, 6) is -0.338. The van der Waals surface area contributed by atoms with E-state index in [0.29, 0.717) is 37.8 Å². The van der Waals surface area contributed by atoms with Crippen LogP contribution in [0.25, 0.3) is 10.2 Å². The first-order valence-electron chi connectivity index (χ1n) is 15.1. The number of thiazole rings is 1. The number of nitrogens with zero attached hydrogens (tertiary/aromatic N) is 3. The number of benzene rings is 3. The number of sulfonamides is 1. The number of carbonyl (C=O) groups excluding carboxylic acids is 2. The Labute approximate surface area is 279 Å². The smallest absolute Gasteiger partial charge is 0.258 e. The third-order valence-corrected chi connectivity index (χ3v) is 10.0. The summed E-state index contributed by atoms with van der Waals surface area (Å²) in [7, 11) is -4.09. The minimum atomic E-state index is -4.09. The molecule has 3 N–H and O–H groups in total. The molecule has 0 radical (unpaired) electrons. The maximum absolute atomic E-state index is 14.0. The van der Waals surface area contributed by atoms with Crippen LogP contribution in [-0.2, 0) is 26.0 Å². The highest BCUT2D eigenvalue weighted by molar-refractivity contribution is 7.89. The number of carbonyl (C=O) groups is 2. The number of hydrogen-bond donors (Lipinski definition) is 3. The van der Waals surface area contributed by atoms with E-state index in [4.69, 9.17) is 4.74 Å². The highest BCUT2D eigenvalue weighted by Crippen LogP contribution is 2.30. The van der Waals surface area contributed by atoms with Crippen molar-refractivity contribution in [2.75, 3.05) is 25.0 Å². The molecule has 1 heterocycles. The number of fused-ring (bicyclic) bond motifs is 1. The summed E-state index contributed by atoms with van der Waals surface area (Å²) in [4.78, 5) is 29.0. The van der Waals surface area contributed by atoms with Crippen LogP contribution in [0.4, 0.5) is 5.13 Å². The molecule has 0 aliphatic heterocycles. The van der Waals surface area contributed by atoms with Crippen LogP contribution in [0.5, 0.6) is 5.75 Å². The topological polar surface area (TPSA) is 162 Å². The van der Waals surface area contributed by atoms with Gasteiger partial charge in [-0.2, -0.15) is 9.57 Å². The van der Waals surface area contributed by atoms with E-state index in [-0.39, 0.29) is 42.8 Å². The number of aromatic nitrogens is 1. The van der Waals surface area contributed by atoms with Crippen LogP contribution in [-0.4, -0.2) is 66.5 Å². The number of hydrogen-bond acceptors (Lipinski definition) is 9. The fraction of sp³-hybridized carbons (Fsp3) is 0.353. The maximum atomic E-state index is 14.0. The second-order valence-corrected chi connectivity index (χ2v) is 14.8. The van der Waals surface area contributed by atoms with E-state index in [0.717, 1.165) is 5.56 Å². The quantitative estimate of drug-likeness (QED) is 0.175. The summed E-state index contributed by atoms with van der Waals surface area (Å²) in [5, 5.41) is 26.6. The van der Waals surface area contributed by atoms with E-state index in [1.54, 1.807) is 32.0 Å². The van der Waals surface area contributed by atoms with Gasteiger partial charge in [-0.15, -0.1) is 0 Å². The molecular weight excluding hydrogens is 639 g/mol. The zero-order valence-corrected chi connectivity index (χ0v) is 28.6. The van der Waals surface area contributed by atoms with Gasteiger partial charge in [0.15, 0.2) is 11.7 Å². The van der Waals surface area contributed by atoms with Gasteiger partial charge in [0, 0.05) is 20.0 Å². The zero-order chi connectivity index (χ0) is 34.3. The normalized spacial score (nSPS) is 12.9. The molecule has 0 spiro atoms. The van der Waals surface area contributed by atoms with E-state index < -0.39 is 28.1 Å². The Bertz CT molecular complexity index is 1860. The maximum Gasteiger partial charge on any atom is 0.258 e. The van der Waals surface area contributed by atoms with Crippen LogP contribution in [0.15, 0.2) is 65.6 Å². The van der Waals surface area contributed by atoms with Crippen molar-refractivity contribution in [1.82, 2.24) is 14.6 Å². The van der Waals surface area contributed by atoms with E-state index in [9.17, 15) is 28.4 Å². The van der Waals surface area contributed by atoms with Gasteiger partial charge in [-0.3, -0.25) is 9.59 Å². The number of rotatable bonds is 14. The van der Waals surface area contributed by atoms with Crippen LogP contribution >= 0.6 is 11.3 Å². The fourth-order valence-electron chi connectivity index (χ4n) is 5.21. The van der Waals surface area contributed by atoms with Crippen LogP contribution < -0.4 is 15.4 Å². The molecule has 0 aliphatic rings. The Morgan fingerprint density at radius 3 is 2.36 bits per heavy atom. The minimum Gasteiger partial charge on any atom is -0.483 e. The van der Waals surface area contributed by atoms with Crippen LogP contribution in [0.2, 0.25) is 0 Å². The molecule has 11 nitrogen and oxygen atoms in total. The summed E-state index contributed by atoms with van der Waals surface area (Å²) in [5.41, 5.74) is 3.32. The molecule has 4 aromatic rings.